The van der Waals surface area contributed by atoms with Crippen molar-refractivity contribution in [3.05, 3.63) is 0 Å². The van der Waals surface area contributed by atoms with Crippen LogP contribution in [0.2, 0.25) is 0 Å². The Morgan fingerprint density at radius 2 is 1.85 bits per heavy atom. The average molecular weight is 283 g/mol. The first-order valence-electron chi connectivity index (χ1n) is 8.24. The highest BCUT2D eigenvalue weighted by Crippen LogP contribution is 2.26. The monoisotopic (exact) mass is 283 g/mol. The van der Waals surface area contributed by atoms with E-state index < -0.39 is 0 Å². The van der Waals surface area contributed by atoms with E-state index in [1.807, 2.05) is 0 Å². The Balaban J connectivity index is 2.56. The van der Waals surface area contributed by atoms with E-state index in [-0.39, 0.29) is 12.0 Å². The van der Waals surface area contributed by atoms with Crippen LogP contribution in [-0.4, -0.2) is 54.5 Å². The molecule has 0 aromatic carbocycles. The molecule has 4 nitrogen and oxygen atoms in total. The molecule has 1 fully saturated rings. The van der Waals surface area contributed by atoms with Crippen LogP contribution in [0.1, 0.15) is 47.0 Å². The molecule has 0 aliphatic heterocycles. The normalized spacial score (nSPS) is 22.8. The van der Waals surface area contributed by atoms with E-state index in [2.05, 4.69) is 37.5 Å². The Morgan fingerprint density at radius 3 is 2.30 bits per heavy atom. The molecule has 0 aromatic rings. The van der Waals surface area contributed by atoms with Crippen molar-refractivity contribution >= 4 is 5.91 Å². The summed E-state index contributed by atoms with van der Waals surface area (Å²) >= 11 is 0. The van der Waals surface area contributed by atoms with Crippen molar-refractivity contribution in [1.29, 1.82) is 0 Å². The number of nitrogens with two attached hydrogens (primary N) is 1. The van der Waals surface area contributed by atoms with Crippen LogP contribution < -0.4 is 5.73 Å². The van der Waals surface area contributed by atoms with Gasteiger partial charge in [0.2, 0.25) is 5.91 Å². The molecule has 1 amide bonds. The van der Waals surface area contributed by atoms with E-state index in [1.54, 1.807) is 0 Å². The third kappa shape index (κ3) is 5.41. The lowest BCUT2D eigenvalue weighted by Crippen LogP contribution is -2.43. The van der Waals surface area contributed by atoms with Gasteiger partial charge in [0.05, 0.1) is 0 Å². The second-order valence-corrected chi connectivity index (χ2v) is 6.48. The summed E-state index contributed by atoms with van der Waals surface area (Å²) in [6.07, 6.45) is 2.85. The summed E-state index contributed by atoms with van der Waals surface area (Å²) in [5.41, 5.74) is 5.95. The summed E-state index contributed by atoms with van der Waals surface area (Å²) in [5, 5.41) is 0. The minimum atomic E-state index is 0.167. The van der Waals surface area contributed by atoms with Crippen molar-refractivity contribution in [2.45, 2.75) is 53.0 Å². The Hall–Kier alpha value is -0.610. The maximum absolute atomic E-state index is 12.7. The summed E-state index contributed by atoms with van der Waals surface area (Å²) in [6.45, 7) is 13.5. The van der Waals surface area contributed by atoms with Gasteiger partial charge < -0.3 is 15.5 Å². The lowest BCUT2D eigenvalue weighted by Gasteiger charge is -2.30. The van der Waals surface area contributed by atoms with Crippen LogP contribution in [0.4, 0.5) is 0 Å². The topological polar surface area (TPSA) is 49.6 Å². The minimum absolute atomic E-state index is 0.167. The van der Waals surface area contributed by atoms with Gasteiger partial charge in [0.1, 0.15) is 0 Å². The van der Waals surface area contributed by atoms with E-state index in [0.717, 1.165) is 52.0 Å². The largest absolute Gasteiger partial charge is 0.341 e. The Kier molecular flexibility index (Phi) is 7.52. The SMILES string of the molecule is CCN(CC)CCN(CC(C)C)C(=O)C1CCC(N)C1. The van der Waals surface area contributed by atoms with Crippen molar-refractivity contribution in [1.82, 2.24) is 9.80 Å². The van der Waals surface area contributed by atoms with E-state index in [1.165, 1.54) is 0 Å². The second-order valence-electron chi connectivity index (χ2n) is 6.48. The summed E-state index contributed by atoms with van der Waals surface area (Å²) in [6, 6.07) is 0.229. The number of hydrogen-bond acceptors (Lipinski definition) is 3. The van der Waals surface area contributed by atoms with Gasteiger partial charge in [-0.15, -0.1) is 0 Å². The van der Waals surface area contributed by atoms with Gasteiger partial charge in [-0.1, -0.05) is 27.7 Å². The number of carbonyl (C=O) groups is 1. The molecular formula is C16H33N3O. The fourth-order valence-electron chi connectivity index (χ4n) is 3.03. The van der Waals surface area contributed by atoms with E-state index in [9.17, 15) is 4.79 Å². The van der Waals surface area contributed by atoms with Crippen LogP contribution in [0.5, 0.6) is 0 Å². The quantitative estimate of drug-likeness (QED) is 0.740. The van der Waals surface area contributed by atoms with Crippen molar-refractivity contribution in [2.75, 3.05) is 32.7 Å². The number of rotatable bonds is 8. The summed E-state index contributed by atoms with van der Waals surface area (Å²) < 4.78 is 0. The number of likely N-dealkylation sites (N-methyl/N-ethyl adjacent to an activating group) is 1. The predicted molar refractivity (Wildman–Crippen MR) is 84.5 cm³/mol. The molecule has 2 atom stereocenters. The van der Waals surface area contributed by atoms with Crippen LogP contribution in [0.25, 0.3) is 0 Å². The molecule has 0 radical (unpaired) electrons. The molecule has 0 spiro atoms. The molecule has 1 rings (SSSR count). The van der Waals surface area contributed by atoms with Crippen LogP contribution in [-0.2, 0) is 4.79 Å². The van der Waals surface area contributed by atoms with Crippen LogP contribution in [0.3, 0.4) is 0 Å². The van der Waals surface area contributed by atoms with Crippen molar-refractivity contribution in [3.8, 4) is 0 Å². The molecule has 2 unspecified atom stereocenters. The Morgan fingerprint density at radius 1 is 1.20 bits per heavy atom. The third-order valence-electron chi connectivity index (χ3n) is 4.30. The summed E-state index contributed by atoms with van der Waals surface area (Å²) in [7, 11) is 0. The van der Waals surface area contributed by atoms with Crippen molar-refractivity contribution in [3.63, 3.8) is 0 Å². The lowest BCUT2D eigenvalue weighted by atomic mass is 10.1. The summed E-state index contributed by atoms with van der Waals surface area (Å²) in [5.74, 6) is 1.02. The summed E-state index contributed by atoms with van der Waals surface area (Å²) in [4.78, 5) is 17.1. The first kappa shape index (κ1) is 17.4. The molecule has 0 bridgehead atoms. The molecule has 0 heterocycles. The van der Waals surface area contributed by atoms with Crippen LogP contribution in [0, 0.1) is 11.8 Å². The molecule has 1 aliphatic carbocycles. The van der Waals surface area contributed by atoms with Gasteiger partial charge in [0, 0.05) is 31.6 Å². The van der Waals surface area contributed by atoms with Gasteiger partial charge in [-0.3, -0.25) is 4.79 Å². The molecule has 0 saturated heterocycles. The molecule has 118 valence electrons. The zero-order valence-corrected chi connectivity index (χ0v) is 13.8. The average Bonchev–Trinajstić information content (AvgIpc) is 2.84. The fourth-order valence-corrected chi connectivity index (χ4v) is 3.03. The number of nitrogens with zero attached hydrogens (tertiary/aromatic N) is 2. The van der Waals surface area contributed by atoms with Gasteiger partial charge in [-0.05, 0) is 38.3 Å². The molecule has 1 saturated carbocycles. The molecule has 2 N–H and O–H groups in total. The Labute approximate surface area is 124 Å². The molecule has 4 heteroatoms. The zero-order valence-electron chi connectivity index (χ0n) is 13.8. The maximum atomic E-state index is 12.7. The van der Waals surface area contributed by atoms with Gasteiger partial charge >= 0.3 is 0 Å². The first-order chi connectivity index (χ1) is 9.47. The van der Waals surface area contributed by atoms with E-state index in [4.69, 9.17) is 5.73 Å². The highest BCUT2D eigenvalue weighted by atomic mass is 16.2. The zero-order chi connectivity index (χ0) is 15.1. The predicted octanol–water partition coefficient (Wildman–Crippen LogP) is 1.94. The van der Waals surface area contributed by atoms with Gasteiger partial charge in [-0.2, -0.15) is 0 Å². The number of carbonyl (C=O) groups excluding carboxylic acids is 1. The molecule has 20 heavy (non-hydrogen) atoms. The smallest absolute Gasteiger partial charge is 0.225 e. The number of amides is 1. The highest BCUT2D eigenvalue weighted by Gasteiger charge is 2.31. The maximum Gasteiger partial charge on any atom is 0.225 e. The van der Waals surface area contributed by atoms with E-state index >= 15 is 0 Å². The standard InChI is InChI=1S/C16H33N3O/c1-5-18(6-2)9-10-19(12-13(3)4)16(20)14-7-8-15(17)11-14/h13-15H,5-12,17H2,1-4H3. The lowest BCUT2D eigenvalue weighted by molar-refractivity contribution is -0.136. The van der Waals surface area contributed by atoms with Gasteiger partial charge in [0.15, 0.2) is 0 Å². The Bertz CT molecular complexity index is 289. The van der Waals surface area contributed by atoms with Crippen LogP contribution >= 0.6 is 0 Å². The van der Waals surface area contributed by atoms with E-state index in [0.29, 0.717) is 11.8 Å². The van der Waals surface area contributed by atoms with Crippen molar-refractivity contribution < 1.29 is 4.79 Å². The van der Waals surface area contributed by atoms with Gasteiger partial charge in [-0.25, -0.2) is 0 Å². The van der Waals surface area contributed by atoms with Gasteiger partial charge in [0.25, 0.3) is 0 Å². The molecular weight excluding hydrogens is 250 g/mol. The highest BCUT2D eigenvalue weighted by molar-refractivity contribution is 5.79. The molecule has 1 aliphatic rings. The first-order valence-corrected chi connectivity index (χ1v) is 8.24. The third-order valence-corrected chi connectivity index (χ3v) is 4.30. The minimum Gasteiger partial charge on any atom is -0.341 e. The second kappa shape index (κ2) is 8.63. The van der Waals surface area contributed by atoms with Crippen LogP contribution in [0.15, 0.2) is 0 Å². The number of hydrogen-bond donors (Lipinski definition) is 1. The fraction of sp³-hybridized carbons (Fsp3) is 0.938. The van der Waals surface area contributed by atoms with Crippen molar-refractivity contribution in [2.24, 2.45) is 17.6 Å². The molecule has 0 aromatic heterocycles.